The fourth-order valence-electron chi connectivity index (χ4n) is 0.734. The van der Waals surface area contributed by atoms with Crippen LogP contribution in [-0.2, 0) is 0 Å². The van der Waals surface area contributed by atoms with Crippen molar-refractivity contribution in [2.45, 2.75) is 6.42 Å². The lowest BCUT2D eigenvalue weighted by atomic mass is 10.1. The van der Waals surface area contributed by atoms with Crippen molar-refractivity contribution in [2.75, 3.05) is 11.5 Å². The van der Waals surface area contributed by atoms with Gasteiger partial charge in [0.1, 0.15) is 0 Å². The molecule has 1 heterocycles. The van der Waals surface area contributed by atoms with Crippen LogP contribution in [0.3, 0.4) is 0 Å². The Morgan fingerprint density at radius 1 is 1.88 bits per heavy atom. The van der Waals surface area contributed by atoms with Gasteiger partial charge in [0.2, 0.25) is 0 Å². The highest BCUT2D eigenvalue weighted by Crippen LogP contribution is 2.26. The molecule has 1 rings (SSSR count). The second-order valence-corrected chi connectivity index (χ2v) is 3.38. The Morgan fingerprint density at radius 2 is 2.62 bits per heavy atom. The largest absolute Gasteiger partial charge is 0.298 e. The fourth-order valence-corrected chi connectivity index (χ4v) is 2.28. The number of rotatable bonds is 1. The first-order valence-corrected chi connectivity index (χ1v) is 4.28. The van der Waals surface area contributed by atoms with Crippen molar-refractivity contribution < 1.29 is 0 Å². The highest BCUT2D eigenvalue weighted by Gasteiger charge is 2.19. The molecule has 0 aromatic carbocycles. The van der Waals surface area contributed by atoms with Crippen LogP contribution < -0.4 is 0 Å². The smallest absolute Gasteiger partial charge is 0.0680 e. The van der Waals surface area contributed by atoms with Gasteiger partial charge in [-0.25, -0.2) is 0 Å². The molecule has 0 spiro atoms. The molecule has 0 aliphatic carbocycles. The maximum Gasteiger partial charge on any atom is 0.0680 e. The summed E-state index contributed by atoms with van der Waals surface area (Å²) >= 11 is 5.79. The van der Waals surface area contributed by atoms with Crippen LogP contribution in [0.5, 0.6) is 0 Å². The van der Waals surface area contributed by atoms with E-state index in [2.05, 4.69) is 12.6 Å². The van der Waals surface area contributed by atoms with Crippen molar-refractivity contribution in [3.8, 4) is 0 Å². The van der Waals surface area contributed by atoms with Crippen LogP contribution >= 0.6 is 24.4 Å². The number of nitrogens with one attached hydrogen (secondary N) is 1. The second kappa shape index (κ2) is 2.78. The van der Waals surface area contributed by atoms with E-state index in [1.54, 1.807) is 11.8 Å². The highest BCUT2D eigenvalue weighted by atomic mass is 32.2. The Labute approximate surface area is 59.2 Å². The third kappa shape index (κ3) is 1.20. The molecule has 1 aliphatic rings. The molecule has 1 unspecified atom stereocenters. The van der Waals surface area contributed by atoms with Crippen LogP contribution in [0, 0.1) is 11.3 Å². The third-order valence-electron chi connectivity index (χ3n) is 1.32. The molecular weight excluding hydrogens is 138 g/mol. The van der Waals surface area contributed by atoms with Crippen molar-refractivity contribution in [2.24, 2.45) is 5.92 Å². The quantitative estimate of drug-likeness (QED) is 0.541. The zero-order valence-electron chi connectivity index (χ0n) is 4.55. The molecule has 0 bridgehead atoms. The summed E-state index contributed by atoms with van der Waals surface area (Å²) in [4.78, 5) is 0. The molecule has 1 atom stereocenters. The molecule has 1 saturated heterocycles. The lowest BCUT2D eigenvalue weighted by molar-refractivity contribution is 0.785. The predicted octanol–water partition coefficient (Wildman–Crippen LogP) is 1.65. The predicted molar refractivity (Wildman–Crippen MR) is 42.1 cm³/mol. The Morgan fingerprint density at radius 3 is 2.88 bits per heavy atom. The number of thiol groups is 1. The van der Waals surface area contributed by atoms with Crippen LogP contribution in [0.15, 0.2) is 0 Å². The maximum atomic E-state index is 7.32. The van der Waals surface area contributed by atoms with Crippen molar-refractivity contribution in [3.05, 3.63) is 0 Å². The zero-order valence-corrected chi connectivity index (χ0v) is 6.27. The number of thioether (sulfide) groups is 1. The molecule has 8 heavy (non-hydrogen) atoms. The first-order chi connectivity index (χ1) is 3.84. The van der Waals surface area contributed by atoms with Gasteiger partial charge in [0.05, 0.1) is 5.04 Å². The second-order valence-electron chi connectivity index (χ2n) is 1.88. The summed E-state index contributed by atoms with van der Waals surface area (Å²) in [7, 11) is 0. The van der Waals surface area contributed by atoms with Gasteiger partial charge in [0.25, 0.3) is 0 Å². The van der Waals surface area contributed by atoms with Gasteiger partial charge in [0, 0.05) is 5.92 Å². The monoisotopic (exact) mass is 147 g/mol. The summed E-state index contributed by atoms with van der Waals surface area (Å²) < 4.78 is 0. The molecular formula is C5H9NS2. The van der Waals surface area contributed by atoms with Gasteiger partial charge in [-0.3, -0.25) is 5.41 Å². The normalized spacial score (nSPS) is 29.1. The van der Waals surface area contributed by atoms with Gasteiger partial charge >= 0.3 is 0 Å². The van der Waals surface area contributed by atoms with E-state index >= 15 is 0 Å². The Hall–Kier alpha value is 0.370. The molecule has 0 amide bonds. The summed E-state index contributed by atoms with van der Waals surface area (Å²) in [6.07, 6.45) is 1.16. The summed E-state index contributed by atoms with van der Waals surface area (Å²) in [6, 6.07) is 0. The molecule has 0 saturated carbocycles. The molecule has 3 heteroatoms. The van der Waals surface area contributed by atoms with Gasteiger partial charge in [-0.15, -0.1) is 11.8 Å². The van der Waals surface area contributed by atoms with Crippen molar-refractivity contribution in [1.82, 2.24) is 0 Å². The molecule has 0 radical (unpaired) electrons. The van der Waals surface area contributed by atoms with E-state index in [9.17, 15) is 0 Å². The van der Waals surface area contributed by atoms with Gasteiger partial charge in [-0.1, -0.05) is 0 Å². The van der Waals surface area contributed by atoms with Crippen molar-refractivity contribution in [3.63, 3.8) is 0 Å². The molecule has 1 fully saturated rings. The zero-order chi connectivity index (χ0) is 5.98. The van der Waals surface area contributed by atoms with Crippen LogP contribution in [0.2, 0.25) is 0 Å². The summed E-state index contributed by atoms with van der Waals surface area (Å²) in [5.74, 6) is 2.46. The van der Waals surface area contributed by atoms with Crippen LogP contribution in [-0.4, -0.2) is 16.5 Å². The minimum atomic E-state index is 0.475. The van der Waals surface area contributed by atoms with Gasteiger partial charge in [0.15, 0.2) is 0 Å². The SMILES string of the molecule is N=C1SCCC1CS. The summed E-state index contributed by atoms with van der Waals surface area (Å²) in [5, 5.41) is 8.15. The van der Waals surface area contributed by atoms with Gasteiger partial charge in [-0.2, -0.15) is 12.6 Å². The molecule has 0 aromatic rings. The minimum absolute atomic E-state index is 0.475. The average molecular weight is 147 g/mol. The van der Waals surface area contributed by atoms with Crippen molar-refractivity contribution >= 4 is 29.4 Å². The first-order valence-electron chi connectivity index (χ1n) is 2.66. The van der Waals surface area contributed by atoms with E-state index in [4.69, 9.17) is 5.41 Å². The molecule has 46 valence electrons. The Kier molecular flexibility index (Phi) is 2.26. The fraction of sp³-hybridized carbons (Fsp3) is 0.800. The van der Waals surface area contributed by atoms with Gasteiger partial charge in [-0.05, 0) is 17.9 Å². The summed E-state index contributed by atoms with van der Waals surface area (Å²) in [6.45, 7) is 0. The Bertz CT molecular complexity index is 103. The van der Waals surface area contributed by atoms with E-state index in [1.165, 1.54) is 0 Å². The highest BCUT2D eigenvalue weighted by molar-refractivity contribution is 8.14. The third-order valence-corrected chi connectivity index (χ3v) is 2.84. The standard InChI is InChI=1S/C5H9NS2/c6-5-4(3-7)1-2-8-5/h4,6-7H,1-3H2. The molecule has 1 nitrogen and oxygen atoms in total. The summed E-state index contributed by atoms with van der Waals surface area (Å²) in [5.41, 5.74) is 0. The van der Waals surface area contributed by atoms with Crippen molar-refractivity contribution in [1.29, 1.82) is 5.41 Å². The lowest BCUT2D eigenvalue weighted by Gasteiger charge is -2.00. The van der Waals surface area contributed by atoms with Crippen LogP contribution in [0.1, 0.15) is 6.42 Å². The van der Waals surface area contributed by atoms with Crippen LogP contribution in [0.4, 0.5) is 0 Å². The maximum absolute atomic E-state index is 7.32. The number of hydrogen-bond donors (Lipinski definition) is 2. The molecule has 1 aliphatic heterocycles. The van der Waals surface area contributed by atoms with E-state index in [-0.39, 0.29) is 0 Å². The lowest BCUT2D eigenvalue weighted by Crippen LogP contribution is -2.03. The van der Waals surface area contributed by atoms with E-state index < -0.39 is 0 Å². The first kappa shape index (κ1) is 6.49. The van der Waals surface area contributed by atoms with E-state index in [0.717, 1.165) is 23.0 Å². The molecule has 0 aromatic heterocycles. The topological polar surface area (TPSA) is 23.9 Å². The van der Waals surface area contributed by atoms with E-state index in [1.807, 2.05) is 0 Å². The average Bonchev–Trinajstić information content (AvgIpc) is 2.14. The van der Waals surface area contributed by atoms with Crippen LogP contribution in [0.25, 0.3) is 0 Å². The Balaban J connectivity index is 2.42. The number of hydrogen-bond acceptors (Lipinski definition) is 3. The van der Waals surface area contributed by atoms with Gasteiger partial charge < -0.3 is 0 Å². The molecule has 1 N–H and O–H groups in total. The van der Waals surface area contributed by atoms with E-state index in [0.29, 0.717) is 5.92 Å². The minimum Gasteiger partial charge on any atom is -0.298 e.